The molecule has 1 N–H and O–H groups in total. The third-order valence-electron chi connectivity index (χ3n) is 6.13. The van der Waals surface area contributed by atoms with E-state index in [4.69, 9.17) is 14.2 Å². The van der Waals surface area contributed by atoms with Crippen LogP contribution in [-0.2, 0) is 16.1 Å². The highest BCUT2D eigenvalue weighted by Crippen LogP contribution is 2.38. The predicted molar refractivity (Wildman–Crippen MR) is 153 cm³/mol. The van der Waals surface area contributed by atoms with Gasteiger partial charge in [-0.15, -0.1) is 5.10 Å². The lowest BCUT2D eigenvalue weighted by atomic mass is 10.00. The Morgan fingerprint density at radius 2 is 1.68 bits per heavy atom. The molecule has 0 spiro atoms. The first kappa shape index (κ1) is 28.4. The minimum atomic E-state index is -1.04. The molecule has 4 aromatic rings. The van der Waals surface area contributed by atoms with Crippen molar-refractivity contribution in [1.82, 2.24) is 20.3 Å². The average molecular weight is 546 g/mol. The molecule has 1 aromatic heterocycles. The van der Waals surface area contributed by atoms with Gasteiger partial charge < -0.3 is 19.5 Å². The summed E-state index contributed by atoms with van der Waals surface area (Å²) in [4.78, 5) is 29.7. The summed E-state index contributed by atoms with van der Waals surface area (Å²) in [7, 11) is 3.06. The maximum Gasteiger partial charge on any atom is 0.249 e. The Balaban J connectivity index is 1.87. The number of nitrogens with one attached hydrogen (secondary N) is 1. The number of fused-ring (bicyclic) bond motifs is 1. The molecule has 210 valence electrons. The molecule has 0 aliphatic heterocycles. The minimum Gasteiger partial charge on any atom is -0.497 e. The normalized spacial score (nSPS) is 12.1. The van der Waals surface area contributed by atoms with Gasteiger partial charge in [-0.3, -0.25) is 14.5 Å². The van der Waals surface area contributed by atoms with Crippen molar-refractivity contribution in [3.05, 3.63) is 72.3 Å². The van der Waals surface area contributed by atoms with Crippen molar-refractivity contribution in [2.24, 2.45) is 0 Å². The molecule has 1 atom stereocenters. The third-order valence-corrected chi connectivity index (χ3v) is 6.13. The molecule has 10 nitrogen and oxygen atoms in total. The number of nitrogens with zero attached hydrogens (tertiary/aromatic N) is 4. The molecule has 4 rings (SSSR count). The fourth-order valence-electron chi connectivity index (χ4n) is 4.41. The van der Waals surface area contributed by atoms with Crippen LogP contribution in [0.2, 0.25) is 0 Å². The smallest absolute Gasteiger partial charge is 0.249 e. The number of hydrogen-bond acceptors (Lipinski definition) is 7. The van der Waals surface area contributed by atoms with Crippen molar-refractivity contribution in [2.45, 2.75) is 45.8 Å². The maximum atomic E-state index is 14.3. The van der Waals surface area contributed by atoms with E-state index in [9.17, 15) is 9.59 Å². The summed E-state index contributed by atoms with van der Waals surface area (Å²) >= 11 is 0. The molecule has 0 fully saturated rings. The van der Waals surface area contributed by atoms with Gasteiger partial charge in [0.2, 0.25) is 11.8 Å². The molecule has 0 bridgehead atoms. The highest BCUT2D eigenvalue weighted by atomic mass is 16.5. The van der Waals surface area contributed by atoms with E-state index in [1.807, 2.05) is 52.0 Å². The van der Waals surface area contributed by atoms with Crippen LogP contribution in [0.5, 0.6) is 17.2 Å². The lowest BCUT2D eigenvalue weighted by Gasteiger charge is -2.34. The monoisotopic (exact) mass is 545 g/mol. The van der Waals surface area contributed by atoms with E-state index >= 15 is 0 Å². The summed E-state index contributed by atoms with van der Waals surface area (Å²) in [6.45, 7) is 7.92. The second-order valence-electron chi connectivity index (χ2n) is 10.2. The zero-order valence-corrected chi connectivity index (χ0v) is 23.7. The molecule has 0 saturated carbocycles. The van der Waals surface area contributed by atoms with E-state index in [1.165, 1.54) is 16.7 Å². The molecule has 1 heterocycles. The number of methoxy groups -OCH3 is 2. The van der Waals surface area contributed by atoms with Crippen molar-refractivity contribution in [1.29, 1.82) is 0 Å². The lowest BCUT2D eigenvalue weighted by Crippen LogP contribution is -2.50. The number of rotatable bonds is 10. The summed E-state index contributed by atoms with van der Waals surface area (Å²) in [5.41, 5.74) is 1.81. The maximum absolute atomic E-state index is 14.3. The Labute approximate surface area is 233 Å². The second-order valence-corrected chi connectivity index (χ2v) is 10.2. The van der Waals surface area contributed by atoms with E-state index in [2.05, 4.69) is 15.6 Å². The third kappa shape index (κ3) is 6.33. The Morgan fingerprint density at radius 1 is 0.975 bits per heavy atom. The van der Waals surface area contributed by atoms with Crippen LogP contribution in [-0.4, -0.2) is 53.2 Å². The second kappa shape index (κ2) is 12.1. The van der Waals surface area contributed by atoms with Gasteiger partial charge in [-0.2, -0.15) is 0 Å². The molecule has 0 aliphatic carbocycles. The standard InChI is InChI=1S/C30H35N5O5/c1-7-40-21-14-12-20(13-15-21)28(29(37)31-30(2,3)4)35(25-17-16-22(38-5)18-26(25)39-6)27(36)19-34-24-11-9-8-10-23(24)32-33-34/h8-18,28H,7,19H2,1-6H3,(H,31,37)/t28-/m1/s1. The first-order valence-corrected chi connectivity index (χ1v) is 13.0. The molecule has 10 heteroatoms. The number of benzene rings is 3. The molecule has 3 aromatic carbocycles. The van der Waals surface area contributed by atoms with E-state index in [1.54, 1.807) is 49.6 Å². The zero-order chi connectivity index (χ0) is 28.9. The molecular weight excluding hydrogens is 510 g/mol. The fraction of sp³-hybridized carbons (Fsp3) is 0.333. The Hall–Kier alpha value is -4.60. The molecule has 0 unspecified atom stereocenters. The van der Waals surface area contributed by atoms with E-state index in [0.29, 0.717) is 46.1 Å². The van der Waals surface area contributed by atoms with Gasteiger partial charge in [0, 0.05) is 11.6 Å². The van der Waals surface area contributed by atoms with Gasteiger partial charge in [-0.1, -0.05) is 29.5 Å². The quantitative estimate of drug-likeness (QED) is 0.312. The van der Waals surface area contributed by atoms with Crippen LogP contribution in [0.4, 0.5) is 5.69 Å². The summed E-state index contributed by atoms with van der Waals surface area (Å²) in [6.07, 6.45) is 0. The molecule has 2 amide bonds. The minimum absolute atomic E-state index is 0.161. The number of carbonyl (C=O) groups excluding carboxylic acids is 2. The predicted octanol–water partition coefficient (Wildman–Crippen LogP) is 4.54. The lowest BCUT2D eigenvalue weighted by molar-refractivity contribution is -0.128. The summed E-state index contributed by atoms with van der Waals surface area (Å²) in [5, 5.41) is 11.4. The van der Waals surface area contributed by atoms with Crippen molar-refractivity contribution in [3.63, 3.8) is 0 Å². The van der Waals surface area contributed by atoms with Crippen molar-refractivity contribution < 1.29 is 23.8 Å². The van der Waals surface area contributed by atoms with Crippen LogP contribution in [0.25, 0.3) is 11.0 Å². The highest BCUT2D eigenvalue weighted by Gasteiger charge is 2.36. The van der Waals surface area contributed by atoms with Crippen molar-refractivity contribution >= 4 is 28.5 Å². The number of ether oxygens (including phenoxy) is 3. The molecular formula is C30H35N5O5. The van der Waals surface area contributed by atoms with Gasteiger partial charge >= 0.3 is 0 Å². The average Bonchev–Trinajstić information content (AvgIpc) is 3.33. The van der Waals surface area contributed by atoms with Gasteiger partial charge in [0.25, 0.3) is 0 Å². The van der Waals surface area contributed by atoms with E-state index in [-0.39, 0.29) is 18.4 Å². The Morgan fingerprint density at radius 3 is 2.33 bits per heavy atom. The number of carbonyl (C=O) groups is 2. The number of amides is 2. The van der Waals surface area contributed by atoms with Gasteiger partial charge in [0.1, 0.15) is 35.4 Å². The Kier molecular flexibility index (Phi) is 8.57. The molecule has 0 saturated heterocycles. The van der Waals surface area contributed by atoms with E-state index in [0.717, 1.165) is 0 Å². The number of para-hydroxylation sites is 1. The van der Waals surface area contributed by atoms with Crippen LogP contribution in [0.1, 0.15) is 39.3 Å². The summed E-state index contributed by atoms with van der Waals surface area (Å²) < 4.78 is 18.2. The molecule has 0 radical (unpaired) electrons. The summed E-state index contributed by atoms with van der Waals surface area (Å²) in [6, 6.07) is 18.6. The molecule has 40 heavy (non-hydrogen) atoms. The van der Waals surface area contributed by atoms with Crippen LogP contribution in [0.3, 0.4) is 0 Å². The van der Waals surface area contributed by atoms with Gasteiger partial charge in [-0.05, 0) is 69.7 Å². The van der Waals surface area contributed by atoms with Crippen molar-refractivity contribution in [2.75, 3.05) is 25.7 Å². The zero-order valence-electron chi connectivity index (χ0n) is 23.7. The van der Waals surface area contributed by atoms with E-state index < -0.39 is 11.6 Å². The van der Waals surface area contributed by atoms with Crippen LogP contribution in [0.15, 0.2) is 66.7 Å². The van der Waals surface area contributed by atoms with Crippen LogP contribution < -0.4 is 24.4 Å². The SMILES string of the molecule is CCOc1ccc([C@H](C(=O)NC(C)(C)C)N(C(=O)Cn2nnc3ccccc32)c2ccc(OC)cc2OC)cc1. The fourth-order valence-corrected chi connectivity index (χ4v) is 4.41. The Bertz CT molecular complexity index is 1480. The number of hydrogen-bond donors (Lipinski definition) is 1. The van der Waals surface area contributed by atoms with Gasteiger partial charge in [-0.25, -0.2) is 4.68 Å². The summed E-state index contributed by atoms with van der Waals surface area (Å²) in [5.74, 6) is 0.839. The van der Waals surface area contributed by atoms with Gasteiger partial charge in [0.15, 0.2) is 0 Å². The topological polar surface area (TPSA) is 108 Å². The first-order valence-electron chi connectivity index (χ1n) is 13.0. The largest absolute Gasteiger partial charge is 0.497 e. The van der Waals surface area contributed by atoms with Crippen LogP contribution >= 0.6 is 0 Å². The highest BCUT2D eigenvalue weighted by molar-refractivity contribution is 6.02. The number of aromatic nitrogens is 3. The molecule has 0 aliphatic rings. The van der Waals surface area contributed by atoms with Crippen molar-refractivity contribution in [3.8, 4) is 17.2 Å². The number of anilines is 1. The van der Waals surface area contributed by atoms with Crippen LogP contribution in [0, 0.1) is 0 Å². The van der Waals surface area contributed by atoms with Gasteiger partial charge in [0.05, 0.1) is 32.0 Å². The first-order chi connectivity index (χ1) is 19.1.